The maximum Gasteiger partial charge on any atom is 0.243 e. The summed E-state index contributed by atoms with van der Waals surface area (Å²) in [5, 5.41) is 20.2. The number of rotatable bonds is 14. The van der Waals surface area contributed by atoms with E-state index in [0.717, 1.165) is 45.4 Å². The molecule has 0 saturated carbocycles. The summed E-state index contributed by atoms with van der Waals surface area (Å²) in [5.74, 6) is -2.07. The number of guanidine groups is 1. The van der Waals surface area contributed by atoms with Gasteiger partial charge in [0, 0.05) is 32.4 Å². The molecule has 0 aliphatic carbocycles. The molecule has 0 fully saturated rings. The predicted molar refractivity (Wildman–Crippen MR) is 217 cm³/mol. The van der Waals surface area contributed by atoms with E-state index < -0.39 is 23.9 Å². The molecule has 5 aromatic rings. The fraction of sp³-hybridized carbons (Fsp3) is 0.211. The summed E-state index contributed by atoms with van der Waals surface area (Å²) in [6, 6.07) is 30.1. The summed E-state index contributed by atoms with van der Waals surface area (Å²) in [6.07, 6.45) is 0.876. The maximum absolute atomic E-state index is 14.1. The van der Waals surface area contributed by atoms with E-state index >= 15 is 0 Å². The van der Waals surface area contributed by atoms with E-state index in [-0.39, 0.29) is 37.0 Å². The van der Waals surface area contributed by atoms with Crippen molar-refractivity contribution in [3.05, 3.63) is 121 Å². The van der Waals surface area contributed by atoms with Crippen molar-refractivity contribution in [1.82, 2.24) is 16.0 Å². The van der Waals surface area contributed by atoms with Crippen molar-refractivity contribution in [3.8, 4) is 0 Å². The molecule has 3 amide bonds. The van der Waals surface area contributed by atoms with Gasteiger partial charge in [0.15, 0.2) is 5.96 Å². The first-order chi connectivity index (χ1) is 24.0. The molecule has 0 radical (unpaired) electrons. The first-order valence-electron chi connectivity index (χ1n) is 16.2. The summed E-state index contributed by atoms with van der Waals surface area (Å²) in [7, 11) is 0. The Hall–Kier alpha value is -4.44. The molecule has 10 N–H and O–H groups in total. The zero-order valence-electron chi connectivity index (χ0n) is 27.2. The lowest BCUT2D eigenvalue weighted by atomic mass is 9.83. The molecule has 10 nitrogen and oxygen atoms in total. The SMILES string of the molecule is N=C(N)NCCC[C@@H](NC(=O)CC(c1cccc2ccccc12)c1cccc2ccccc12)C(=O)N[C@@H](Cc1cc(I)c(N)c(I)c1)C(N)=O. The second kappa shape index (κ2) is 17.0. The Bertz CT molecular complexity index is 1940. The standard InChI is InChI=1S/C38H39I2N7O3/c39-30-18-22(19-31(40)35(30)41)20-33(36(42)49)47-37(50)32(16-7-17-45-38(43)44)46-34(48)21-29(27-14-5-10-23-8-1-3-12-25(23)27)28-15-6-11-24-9-2-4-13-26(24)28/h1-6,8-15,18-19,29,32-33H,7,16-17,20-21,41H2,(H2,42,49)(H,46,48)(H,47,50)(H4,43,44,45)/t32-,33+/m1/s1. The first-order valence-corrected chi connectivity index (χ1v) is 18.3. The third-order valence-electron chi connectivity index (χ3n) is 8.66. The summed E-state index contributed by atoms with van der Waals surface area (Å²) >= 11 is 4.26. The Kier molecular flexibility index (Phi) is 12.5. The molecule has 5 aromatic carbocycles. The second-order valence-electron chi connectivity index (χ2n) is 12.1. The number of hydrogen-bond donors (Lipinski definition) is 7. The van der Waals surface area contributed by atoms with Gasteiger partial charge in [0.1, 0.15) is 12.1 Å². The molecular formula is C38H39I2N7O3. The van der Waals surface area contributed by atoms with Crippen LogP contribution in [0.2, 0.25) is 0 Å². The van der Waals surface area contributed by atoms with Gasteiger partial charge in [-0.2, -0.15) is 0 Å². The Morgan fingerprint density at radius 2 is 1.28 bits per heavy atom. The van der Waals surface area contributed by atoms with E-state index in [1.807, 2.05) is 48.5 Å². The lowest BCUT2D eigenvalue weighted by Gasteiger charge is -2.25. The maximum atomic E-state index is 14.1. The van der Waals surface area contributed by atoms with Crippen molar-refractivity contribution in [2.24, 2.45) is 11.5 Å². The minimum absolute atomic E-state index is 0.0685. The van der Waals surface area contributed by atoms with E-state index in [1.165, 1.54) is 0 Å². The van der Waals surface area contributed by atoms with Crippen LogP contribution in [0, 0.1) is 12.5 Å². The summed E-state index contributed by atoms with van der Waals surface area (Å²) in [5.41, 5.74) is 20.8. The molecular weight excluding hydrogens is 856 g/mol. The highest BCUT2D eigenvalue weighted by Crippen LogP contribution is 2.37. The monoisotopic (exact) mass is 895 g/mol. The van der Waals surface area contributed by atoms with E-state index in [2.05, 4.69) is 110 Å². The summed E-state index contributed by atoms with van der Waals surface area (Å²) in [6.45, 7) is 0.325. The van der Waals surface area contributed by atoms with Gasteiger partial charge in [-0.15, -0.1) is 0 Å². The number of nitrogen functional groups attached to an aromatic ring is 1. The number of halogens is 2. The molecule has 50 heavy (non-hydrogen) atoms. The van der Waals surface area contributed by atoms with Gasteiger partial charge < -0.3 is 33.2 Å². The van der Waals surface area contributed by atoms with Gasteiger partial charge in [0.05, 0.1) is 5.69 Å². The number of fused-ring (bicyclic) bond motifs is 2. The quantitative estimate of drug-likeness (QED) is 0.0262. The molecule has 0 aromatic heterocycles. The number of amides is 3. The van der Waals surface area contributed by atoms with Crippen molar-refractivity contribution in [1.29, 1.82) is 5.41 Å². The van der Waals surface area contributed by atoms with Crippen LogP contribution in [0.1, 0.15) is 41.9 Å². The number of nitrogens with two attached hydrogens (primary N) is 3. The van der Waals surface area contributed by atoms with Gasteiger partial charge in [-0.25, -0.2) is 0 Å². The van der Waals surface area contributed by atoms with Gasteiger partial charge in [-0.1, -0.05) is 84.9 Å². The fourth-order valence-corrected chi connectivity index (χ4v) is 8.12. The molecule has 12 heteroatoms. The molecule has 0 unspecified atom stereocenters. The summed E-state index contributed by atoms with van der Waals surface area (Å²) < 4.78 is 1.66. The third-order valence-corrected chi connectivity index (χ3v) is 10.4. The fourth-order valence-electron chi connectivity index (χ4n) is 6.22. The van der Waals surface area contributed by atoms with Crippen LogP contribution < -0.4 is 33.2 Å². The molecule has 0 saturated heterocycles. The highest BCUT2D eigenvalue weighted by Gasteiger charge is 2.28. The molecule has 0 bridgehead atoms. The molecule has 2 atom stereocenters. The molecule has 0 spiro atoms. The van der Waals surface area contributed by atoms with E-state index in [0.29, 0.717) is 18.7 Å². The van der Waals surface area contributed by atoms with Crippen LogP contribution in [-0.2, 0) is 20.8 Å². The Labute approximate surface area is 318 Å². The number of nitrogens with one attached hydrogen (secondary N) is 4. The lowest BCUT2D eigenvalue weighted by molar-refractivity contribution is -0.131. The van der Waals surface area contributed by atoms with Crippen molar-refractivity contribution in [2.75, 3.05) is 12.3 Å². The van der Waals surface area contributed by atoms with Crippen LogP contribution in [0.25, 0.3) is 21.5 Å². The Morgan fingerprint density at radius 3 is 1.82 bits per heavy atom. The van der Waals surface area contributed by atoms with Gasteiger partial charge in [-0.3, -0.25) is 19.8 Å². The molecule has 0 aliphatic heterocycles. The van der Waals surface area contributed by atoms with E-state index in [4.69, 9.17) is 22.6 Å². The van der Waals surface area contributed by atoms with Crippen LogP contribution in [0.5, 0.6) is 0 Å². The van der Waals surface area contributed by atoms with Crippen molar-refractivity contribution < 1.29 is 14.4 Å². The van der Waals surface area contributed by atoms with Crippen LogP contribution in [-0.4, -0.2) is 42.3 Å². The minimum Gasteiger partial charge on any atom is -0.397 e. The predicted octanol–water partition coefficient (Wildman–Crippen LogP) is 5.27. The molecule has 5 rings (SSSR count). The van der Waals surface area contributed by atoms with Gasteiger partial charge in [0.2, 0.25) is 17.7 Å². The number of carbonyl (C=O) groups excluding carboxylic acids is 3. The average molecular weight is 896 g/mol. The Balaban J connectivity index is 1.43. The third kappa shape index (κ3) is 9.21. The topological polar surface area (TPSA) is 189 Å². The number of carbonyl (C=O) groups is 3. The minimum atomic E-state index is -1.02. The van der Waals surface area contributed by atoms with Crippen molar-refractivity contribution >= 4 is 96.1 Å². The number of benzene rings is 5. The number of anilines is 1. The Morgan fingerprint density at radius 1 is 0.740 bits per heavy atom. The molecule has 0 aliphatic rings. The van der Waals surface area contributed by atoms with Gasteiger partial charge in [0.25, 0.3) is 0 Å². The smallest absolute Gasteiger partial charge is 0.243 e. The number of hydrogen-bond acceptors (Lipinski definition) is 5. The van der Waals surface area contributed by atoms with E-state index in [1.54, 1.807) is 0 Å². The van der Waals surface area contributed by atoms with Crippen LogP contribution >= 0.6 is 45.2 Å². The van der Waals surface area contributed by atoms with E-state index in [9.17, 15) is 14.4 Å². The number of primary amides is 1. The van der Waals surface area contributed by atoms with Gasteiger partial charge in [-0.05, 0) is 108 Å². The van der Waals surface area contributed by atoms with Crippen molar-refractivity contribution in [3.63, 3.8) is 0 Å². The van der Waals surface area contributed by atoms with Crippen LogP contribution in [0.4, 0.5) is 5.69 Å². The molecule has 258 valence electrons. The highest BCUT2D eigenvalue weighted by atomic mass is 127. The summed E-state index contributed by atoms with van der Waals surface area (Å²) in [4.78, 5) is 40.5. The normalized spacial score (nSPS) is 12.4. The first kappa shape index (κ1) is 36.8. The zero-order chi connectivity index (χ0) is 35.8. The van der Waals surface area contributed by atoms with Crippen LogP contribution in [0.3, 0.4) is 0 Å². The highest BCUT2D eigenvalue weighted by molar-refractivity contribution is 14.1. The van der Waals surface area contributed by atoms with Crippen LogP contribution in [0.15, 0.2) is 97.1 Å². The lowest BCUT2D eigenvalue weighted by Crippen LogP contribution is -2.53. The molecule has 0 heterocycles. The largest absolute Gasteiger partial charge is 0.397 e. The van der Waals surface area contributed by atoms with Gasteiger partial charge >= 0.3 is 0 Å². The van der Waals surface area contributed by atoms with Crippen molar-refractivity contribution in [2.45, 2.75) is 43.7 Å². The second-order valence-corrected chi connectivity index (χ2v) is 14.5. The zero-order valence-corrected chi connectivity index (χ0v) is 31.5. The average Bonchev–Trinajstić information content (AvgIpc) is 3.10.